The van der Waals surface area contributed by atoms with E-state index in [2.05, 4.69) is 45.3 Å². The second-order valence-electron chi connectivity index (χ2n) is 8.36. The molecule has 0 aliphatic carbocycles. The van der Waals surface area contributed by atoms with E-state index in [1.165, 1.54) is 6.42 Å². The highest BCUT2D eigenvalue weighted by molar-refractivity contribution is 9.10. The molecule has 4 atom stereocenters. The summed E-state index contributed by atoms with van der Waals surface area (Å²) in [5, 5.41) is 6.04. The van der Waals surface area contributed by atoms with Gasteiger partial charge in [0, 0.05) is 30.1 Å². The molecule has 7 heteroatoms. The minimum Gasteiger partial charge on any atom is -0.351 e. The fourth-order valence-corrected chi connectivity index (χ4v) is 5.04. The number of nitrogens with zero attached hydrogens (tertiary/aromatic N) is 1. The number of rotatable bonds is 9. The zero-order valence-corrected chi connectivity index (χ0v) is 20.3. The van der Waals surface area contributed by atoms with Gasteiger partial charge >= 0.3 is 0 Å². The number of amides is 2. The number of halogens is 1. The maximum atomic E-state index is 12.9. The Morgan fingerprint density at radius 1 is 1.21 bits per heavy atom. The molecule has 1 aromatic rings. The van der Waals surface area contributed by atoms with Gasteiger partial charge in [0.2, 0.25) is 5.91 Å². The Morgan fingerprint density at radius 2 is 1.86 bits per heavy atom. The van der Waals surface area contributed by atoms with Gasteiger partial charge in [0.1, 0.15) is 6.04 Å². The van der Waals surface area contributed by atoms with Crippen molar-refractivity contribution in [1.82, 2.24) is 15.5 Å². The third-order valence-corrected chi connectivity index (χ3v) is 6.55. The number of hydrogen-bond acceptors (Lipinski definition) is 4. The molecule has 0 aromatic heterocycles. The van der Waals surface area contributed by atoms with Gasteiger partial charge < -0.3 is 15.5 Å². The Hall–Kier alpha value is -1.05. The fourth-order valence-electron chi connectivity index (χ4n) is 4.10. The van der Waals surface area contributed by atoms with E-state index < -0.39 is 6.04 Å². The lowest BCUT2D eigenvalue weighted by Crippen LogP contribution is -2.52. The highest BCUT2D eigenvalue weighted by Crippen LogP contribution is 2.21. The Balaban J connectivity index is 1.95. The molecule has 2 amide bonds. The van der Waals surface area contributed by atoms with Gasteiger partial charge in [-0.15, -0.1) is 0 Å². The predicted molar refractivity (Wildman–Crippen MR) is 125 cm³/mol. The number of nitrogens with one attached hydrogen (secondary N) is 2. The van der Waals surface area contributed by atoms with E-state index in [1.807, 2.05) is 31.4 Å². The summed E-state index contributed by atoms with van der Waals surface area (Å²) in [6.07, 6.45) is 3.88. The first-order valence-electron chi connectivity index (χ1n) is 10.4. The highest BCUT2D eigenvalue weighted by Gasteiger charge is 2.26. The van der Waals surface area contributed by atoms with Crippen LogP contribution < -0.4 is 10.6 Å². The molecule has 0 radical (unpaired) electrons. The van der Waals surface area contributed by atoms with E-state index in [-0.39, 0.29) is 17.9 Å². The van der Waals surface area contributed by atoms with Crippen LogP contribution in [-0.2, 0) is 4.79 Å². The first-order chi connectivity index (χ1) is 13.8. The van der Waals surface area contributed by atoms with E-state index in [4.69, 9.17) is 0 Å². The van der Waals surface area contributed by atoms with Gasteiger partial charge in [-0.05, 0) is 71.7 Å². The molecule has 5 nitrogen and oxygen atoms in total. The van der Waals surface area contributed by atoms with Crippen LogP contribution in [0.1, 0.15) is 44.0 Å². The van der Waals surface area contributed by atoms with Crippen LogP contribution in [0, 0.1) is 11.8 Å². The molecule has 0 saturated carbocycles. The van der Waals surface area contributed by atoms with E-state index in [9.17, 15) is 9.59 Å². The Morgan fingerprint density at radius 3 is 2.48 bits per heavy atom. The maximum Gasteiger partial charge on any atom is 0.253 e. The van der Waals surface area contributed by atoms with Gasteiger partial charge in [0.25, 0.3) is 5.91 Å². The molecule has 0 bridgehead atoms. The number of likely N-dealkylation sites (tertiary alicyclic amines) is 1. The summed E-state index contributed by atoms with van der Waals surface area (Å²) in [6.45, 7) is 9.64. The largest absolute Gasteiger partial charge is 0.351 e. The van der Waals surface area contributed by atoms with Crippen LogP contribution in [0.25, 0.3) is 0 Å². The number of carbonyl (C=O) groups is 2. The molecule has 1 fully saturated rings. The van der Waals surface area contributed by atoms with Crippen LogP contribution in [0.5, 0.6) is 0 Å². The lowest BCUT2D eigenvalue weighted by Gasteiger charge is -2.36. The van der Waals surface area contributed by atoms with Crippen LogP contribution in [0.4, 0.5) is 0 Å². The standard InChI is InChI=1S/C22H34BrN3O2S/c1-15-11-16(2)13-26(12-15)14-17(3)24-22(28)20(9-10-29-4)25-21(27)18-7-5-6-8-19(18)23/h5-8,15-17,20H,9-14H2,1-4H3,(H,24,28)(H,25,27). The SMILES string of the molecule is CSCCC(NC(=O)c1ccccc1Br)C(=O)NC(C)CN1CC(C)CC(C)C1. The van der Waals surface area contributed by atoms with E-state index in [0.717, 1.165) is 29.9 Å². The summed E-state index contributed by atoms with van der Waals surface area (Å²) in [4.78, 5) is 28.0. The third-order valence-electron chi connectivity index (χ3n) is 5.22. The van der Waals surface area contributed by atoms with Crippen molar-refractivity contribution >= 4 is 39.5 Å². The van der Waals surface area contributed by atoms with Crippen LogP contribution in [-0.4, -0.2) is 60.4 Å². The number of benzene rings is 1. The van der Waals surface area contributed by atoms with Gasteiger partial charge in [-0.25, -0.2) is 0 Å². The van der Waals surface area contributed by atoms with Crippen molar-refractivity contribution in [3.63, 3.8) is 0 Å². The van der Waals surface area contributed by atoms with E-state index in [0.29, 0.717) is 23.8 Å². The number of hydrogen-bond donors (Lipinski definition) is 2. The summed E-state index contributed by atoms with van der Waals surface area (Å²) < 4.78 is 0.725. The minimum absolute atomic E-state index is 0.0390. The summed E-state index contributed by atoms with van der Waals surface area (Å²) in [7, 11) is 0. The molecule has 1 aromatic carbocycles. The Kier molecular flexibility index (Phi) is 9.99. The fraction of sp³-hybridized carbons (Fsp3) is 0.636. The topological polar surface area (TPSA) is 61.4 Å². The molecular formula is C22H34BrN3O2S. The quantitative estimate of drug-likeness (QED) is 0.560. The molecule has 2 N–H and O–H groups in total. The maximum absolute atomic E-state index is 12.9. The molecule has 2 rings (SSSR count). The monoisotopic (exact) mass is 483 g/mol. The van der Waals surface area contributed by atoms with Crippen molar-refractivity contribution in [3.05, 3.63) is 34.3 Å². The summed E-state index contributed by atoms with van der Waals surface area (Å²) in [5.41, 5.74) is 0.541. The zero-order valence-electron chi connectivity index (χ0n) is 17.9. The normalized spacial score (nSPS) is 22.0. The van der Waals surface area contributed by atoms with E-state index >= 15 is 0 Å². The van der Waals surface area contributed by atoms with Crippen molar-refractivity contribution in [2.45, 2.75) is 45.7 Å². The Labute approximate surface area is 187 Å². The van der Waals surface area contributed by atoms with Gasteiger partial charge in [0.15, 0.2) is 0 Å². The predicted octanol–water partition coefficient (Wildman–Crippen LogP) is 3.78. The first kappa shape index (κ1) is 24.2. The van der Waals surface area contributed by atoms with Crippen molar-refractivity contribution in [3.8, 4) is 0 Å². The zero-order chi connectivity index (χ0) is 21.4. The second kappa shape index (κ2) is 12.0. The number of thioether (sulfide) groups is 1. The van der Waals surface area contributed by atoms with Crippen LogP contribution in [0.3, 0.4) is 0 Å². The molecule has 4 unspecified atom stereocenters. The van der Waals surface area contributed by atoms with Gasteiger partial charge in [-0.3, -0.25) is 9.59 Å². The van der Waals surface area contributed by atoms with Crippen molar-refractivity contribution in [2.75, 3.05) is 31.6 Å². The average molecular weight is 485 g/mol. The molecule has 0 spiro atoms. The van der Waals surface area contributed by atoms with E-state index in [1.54, 1.807) is 17.8 Å². The lowest BCUT2D eigenvalue weighted by atomic mass is 9.92. The van der Waals surface area contributed by atoms with Crippen molar-refractivity contribution in [2.24, 2.45) is 11.8 Å². The molecule has 1 saturated heterocycles. The van der Waals surface area contributed by atoms with Crippen LogP contribution in [0.2, 0.25) is 0 Å². The van der Waals surface area contributed by atoms with Crippen LogP contribution in [0.15, 0.2) is 28.7 Å². The summed E-state index contributed by atoms with van der Waals surface area (Å²) >= 11 is 5.08. The molecule has 1 aliphatic rings. The number of piperidine rings is 1. The van der Waals surface area contributed by atoms with Gasteiger partial charge in [-0.2, -0.15) is 11.8 Å². The van der Waals surface area contributed by atoms with Crippen molar-refractivity contribution in [1.29, 1.82) is 0 Å². The lowest BCUT2D eigenvalue weighted by molar-refractivity contribution is -0.123. The van der Waals surface area contributed by atoms with Gasteiger partial charge in [0.05, 0.1) is 5.56 Å². The average Bonchev–Trinajstić information content (AvgIpc) is 2.64. The third kappa shape index (κ3) is 7.95. The Bertz CT molecular complexity index is 678. The molecule has 1 aliphatic heterocycles. The first-order valence-corrected chi connectivity index (χ1v) is 12.6. The van der Waals surface area contributed by atoms with Crippen LogP contribution >= 0.6 is 27.7 Å². The highest BCUT2D eigenvalue weighted by atomic mass is 79.9. The molecule has 1 heterocycles. The van der Waals surface area contributed by atoms with Crippen molar-refractivity contribution < 1.29 is 9.59 Å². The summed E-state index contributed by atoms with van der Waals surface area (Å²) in [5.74, 6) is 1.86. The molecule has 162 valence electrons. The number of carbonyl (C=O) groups excluding carboxylic acids is 2. The minimum atomic E-state index is -0.538. The van der Waals surface area contributed by atoms with Gasteiger partial charge in [-0.1, -0.05) is 26.0 Å². The summed E-state index contributed by atoms with van der Waals surface area (Å²) in [6, 6.07) is 6.77. The smallest absolute Gasteiger partial charge is 0.253 e. The molecule has 29 heavy (non-hydrogen) atoms. The second-order valence-corrected chi connectivity index (χ2v) is 10.2. The molecular weight excluding hydrogens is 450 g/mol.